The predicted molar refractivity (Wildman–Crippen MR) is 168 cm³/mol. The number of benzene rings is 2. The first kappa shape index (κ1) is 34.3. The molecule has 8 nitrogen and oxygen atoms in total. The summed E-state index contributed by atoms with van der Waals surface area (Å²) in [7, 11) is 0. The molecule has 2 atom stereocenters. The van der Waals surface area contributed by atoms with Crippen LogP contribution in [0.2, 0.25) is 5.02 Å². The van der Waals surface area contributed by atoms with E-state index in [2.05, 4.69) is 30.2 Å². The topological polar surface area (TPSA) is 108 Å². The van der Waals surface area contributed by atoms with E-state index in [0.29, 0.717) is 22.7 Å². The molecule has 0 heterocycles. The van der Waals surface area contributed by atoms with Gasteiger partial charge in [0.2, 0.25) is 5.91 Å². The molecular formula is C31H44ClN3O5S. The first-order chi connectivity index (χ1) is 19.4. The number of phenols is 1. The largest absolute Gasteiger partial charge is 0.508 e. The van der Waals surface area contributed by atoms with Gasteiger partial charge in [0.25, 0.3) is 5.91 Å². The second-order valence-corrected chi connectivity index (χ2v) is 11.9. The number of hydrogen-bond donors (Lipinski definition) is 4. The molecule has 3 N–H and O–H groups in total. The van der Waals surface area contributed by atoms with Crippen LogP contribution in [0.3, 0.4) is 0 Å². The third kappa shape index (κ3) is 11.1. The lowest BCUT2D eigenvalue weighted by atomic mass is 10.0. The van der Waals surface area contributed by atoms with Gasteiger partial charge in [0, 0.05) is 12.3 Å². The fourth-order valence-corrected chi connectivity index (χ4v) is 4.89. The second-order valence-electron chi connectivity index (χ2n) is 11.1. The molecule has 0 spiro atoms. The number of anilines is 1. The molecule has 0 bridgehead atoms. The summed E-state index contributed by atoms with van der Waals surface area (Å²) in [6.07, 6.45) is 5.15. The van der Waals surface area contributed by atoms with Crippen molar-refractivity contribution in [2.75, 3.05) is 17.6 Å². The van der Waals surface area contributed by atoms with E-state index in [-0.39, 0.29) is 18.0 Å². The molecule has 2 unspecified atom stereocenters. The van der Waals surface area contributed by atoms with Gasteiger partial charge >= 0.3 is 6.09 Å². The average Bonchev–Trinajstić information content (AvgIpc) is 2.90. The molecule has 0 aliphatic heterocycles. The van der Waals surface area contributed by atoms with Crippen molar-refractivity contribution in [1.29, 1.82) is 0 Å². The predicted octanol–water partition coefficient (Wildman–Crippen LogP) is 7.05. The number of rotatable bonds is 14. The van der Waals surface area contributed by atoms with Crippen LogP contribution in [0.25, 0.3) is 0 Å². The van der Waals surface area contributed by atoms with Crippen molar-refractivity contribution in [3.8, 4) is 5.75 Å². The number of ether oxygens (including phenoxy) is 1. The van der Waals surface area contributed by atoms with Crippen LogP contribution in [0, 0.1) is 6.92 Å². The molecule has 0 saturated carbocycles. The first-order valence-corrected chi connectivity index (χ1v) is 15.1. The SMILES string of the molecule is CCCCCCCCN(C(=O)C(CS)NC(=O)OC(C)(C)C)C(C(=O)Nc1c(C)cccc1Cl)c1ccc(O)cc1. The monoisotopic (exact) mass is 605 g/mol. The summed E-state index contributed by atoms with van der Waals surface area (Å²) in [5.41, 5.74) is 0.962. The van der Waals surface area contributed by atoms with Crippen molar-refractivity contribution in [3.05, 3.63) is 58.6 Å². The van der Waals surface area contributed by atoms with Crippen molar-refractivity contribution >= 4 is 47.8 Å². The Hall–Kier alpha value is -2.91. The van der Waals surface area contributed by atoms with Gasteiger partial charge in [-0.1, -0.05) is 74.9 Å². The molecule has 41 heavy (non-hydrogen) atoms. The quantitative estimate of drug-likeness (QED) is 0.136. The Morgan fingerprint density at radius 1 is 1.02 bits per heavy atom. The number of nitrogens with zero attached hydrogens (tertiary/aromatic N) is 1. The number of aromatic hydroxyl groups is 1. The van der Waals surface area contributed by atoms with Crippen molar-refractivity contribution in [2.24, 2.45) is 0 Å². The number of nitrogens with one attached hydrogen (secondary N) is 2. The fraction of sp³-hybridized carbons (Fsp3) is 0.516. The van der Waals surface area contributed by atoms with E-state index in [0.717, 1.165) is 37.7 Å². The summed E-state index contributed by atoms with van der Waals surface area (Å²) in [4.78, 5) is 42.1. The van der Waals surface area contributed by atoms with Gasteiger partial charge in [-0.3, -0.25) is 9.59 Å². The lowest BCUT2D eigenvalue weighted by Crippen LogP contribution is -2.53. The highest BCUT2D eigenvalue weighted by Crippen LogP contribution is 2.30. The van der Waals surface area contributed by atoms with Crippen molar-refractivity contribution in [1.82, 2.24) is 10.2 Å². The summed E-state index contributed by atoms with van der Waals surface area (Å²) in [5, 5.41) is 15.8. The summed E-state index contributed by atoms with van der Waals surface area (Å²) >= 11 is 10.8. The molecule has 0 aliphatic carbocycles. The Morgan fingerprint density at radius 2 is 1.66 bits per heavy atom. The maximum atomic E-state index is 14.1. The van der Waals surface area contributed by atoms with Crippen LogP contribution < -0.4 is 10.6 Å². The third-order valence-corrected chi connectivity index (χ3v) is 7.13. The number of phenolic OH excluding ortho intramolecular Hbond substituents is 1. The summed E-state index contributed by atoms with van der Waals surface area (Å²) in [6, 6.07) is 9.35. The Labute approximate surface area is 254 Å². The number of alkyl carbamates (subject to hydrolysis) is 1. The zero-order chi connectivity index (χ0) is 30.6. The van der Waals surface area contributed by atoms with E-state index < -0.39 is 35.6 Å². The molecule has 0 radical (unpaired) electrons. The minimum absolute atomic E-state index is 0.00137. The van der Waals surface area contributed by atoms with Crippen LogP contribution >= 0.6 is 24.2 Å². The van der Waals surface area contributed by atoms with Crippen LogP contribution in [0.15, 0.2) is 42.5 Å². The van der Waals surface area contributed by atoms with Gasteiger partial charge < -0.3 is 25.4 Å². The zero-order valence-electron chi connectivity index (χ0n) is 24.7. The van der Waals surface area contributed by atoms with Gasteiger partial charge in [-0.15, -0.1) is 0 Å². The van der Waals surface area contributed by atoms with Crippen LogP contribution in [0.1, 0.15) is 83.4 Å². The number of unbranched alkanes of at least 4 members (excludes halogenated alkanes) is 5. The lowest BCUT2D eigenvalue weighted by Gasteiger charge is -2.34. The number of para-hydroxylation sites is 1. The number of amides is 3. The number of carbonyl (C=O) groups is 3. The summed E-state index contributed by atoms with van der Waals surface area (Å²) in [5.74, 6) is -0.910. The fourth-order valence-electron chi connectivity index (χ4n) is 4.38. The molecule has 2 rings (SSSR count). The van der Waals surface area contributed by atoms with Gasteiger partial charge in [0.05, 0.1) is 10.7 Å². The minimum Gasteiger partial charge on any atom is -0.508 e. The normalized spacial score (nSPS) is 12.8. The van der Waals surface area contributed by atoms with E-state index in [1.165, 1.54) is 17.0 Å². The molecule has 2 aromatic carbocycles. The molecule has 0 aliphatic rings. The number of aryl methyl sites for hydroxylation is 1. The van der Waals surface area contributed by atoms with Crippen LogP contribution in [0.5, 0.6) is 5.75 Å². The molecule has 2 aromatic rings. The highest BCUT2D eigenvalue weighted by molar-refractivity contribution is 7.80. The van der Waals surface area contributed by atoms with Crippen LogP contribution in [-0.2, 0) is 14.3 Å². The Morgan fingerprint density at radius 3 is 2.24 bits per heavy atom. The Balaban J connectivity index is 2.47. The number of thiol groups is 1. The molecular weight excluding hydrogens is 562 g/mol. The third-order valence-electron chi connectivity index (χ3n) is 6.45. The average molecular weight is 606 g/mol. The van der Waals surface area contributed by atoms with Gasteiger partial charge in [0.1, 0.15) is 23.4 Å². The standard InChI is InChI=1S/C31H44ClN3O5S/c1-6-7-8-9-10-11-19-35(29(38)25(20-41)33-30(39)40-31(3,4)5)27(22-15-17-23(36)18-16-22)28(37)34-26-21(2)13-12-14-24(26)32/h12-18,25,27,36,41H,6-11,19-20H2,1-5H3,(H,33,39)(H,34,37). The molecule has 0 saturated heterocycles. The molecule has 226 valence electrons. The lowest BCUT2D eigenvalue weighted by molar-refractivity contribution is -0.140. The molecule has 0 aromatic heterocycles. The van der Waals surface area contributed by atoms with E-state index in [1.54, 1.807) is 45.0 Å². The van der Waals surface area contributed by atoms with Gasteiger partial charge in [0.15, 0.2) is 0 Å². The maximum absolute atomic E-state index is 14.1. The number of halogens is 1. The highest BCUT2D eigenvalue weighted by atomic mass is 35.5. The van der Waals surface area contributed by atoms with Gasteiger partial charge in [-0.25, -0.2) is 4.79 Å². The van der Waals surface area contributed by atoms with E-state index in [9.17, 15) is 19.5 Å². The van der Waals surface area contributed by atoms with Gasteiger partial charge in [-0.05, 0) is 63.4 Å². The van der Waals surface area contributed by atoms with E-state index in [1.807, 2.05) is 13.0 Å². The van der Waals surface area contributed by atoms with Crippen molar-refractivity contribution < 1.29 is 24.2 Å². The van der Waals surface area contributed by atoms with E-state index >= 15 is 0 Å². The minimum atomic E-state index is -1.07. The molecule has 3 amide bonds. The zero-order valence-corrected chi connectivity index (χ0v) is 26.4. The van der Waals surface area contributed by atoms with E-state index in [4.69, 9.17) is 16.3 Å². The number of carbonyl (C=O) groups excluding carboxylic acids is 3. The number of hydrogen-bond acceptors (Lipinski definition) is 6. The van der Waals surface area contributed by atoms with Crippen molar-refractivity contribution in [3.63, 3.8) is 0 Å². The van der Waals surface area contributed by atoms with Crippen LogP contribution in [0.4, 0.5) is 10.5 Å². The smallest absolute Gasteiger partial charge is 0.408 e. The van der Waals surface area contributed by atoms with Crippen LogP contribution in [-0.4, -0.2) is 51.9 Å². The first-order valence-electron chi connectivity index (χ1n) is 14.1. The summed E-state index contributed by atoms with van der Waals surface area (Å²) in [6.45, 7) is 9.45. The maximum Gasteiger partial charge on any atom is 0.408 e. The van der Waals surface area contributed by atoms with Gasteiger partial charge in [-0.2, -0.15) is 12.6 Å². The highest BCUT2D eigenvalue weighted by Gasteiger charge is 2.36. The second kappa shape index (κ2) is 16.5. The molecule has 10 heteroatoms. The Kier molecular flexibility index (Phi) is 13.8. The van der Waals surface area contributed by atoms with Crippen molar-refractivity contribution in [2.45, 2.75) is 90.8 Å². The summed E-state index contributed by atoms with van der Waals surface area (Å²) < 4.78 is 5.37. The Bertz CT molecular complexity index is 1130. The molecule has 0 fully saturated rings.